The Morgan fingerprint density at radius 2 is 1.18 bits per heavy atom. The maximum atomic E-state index is 10.7. The summed E-state index contributed by atoms with van der Waals surface area (Å²) in [5, 5.41) is 109. The highest BCUT2D eigenvalue weighted by Crippen LogP contribution is 2.37. The zero-order valence-electron chi connectivity index (χ0n) is 18.0. The molecule has 14 nitrogen and oxygen atoms in total. The molecule has 15 atom stereocenters. The van der Waals surface area contributed by atoms with E-state index in [0.29, 0.717) is 0 Å². The Morgan fingerprint density at radius 3 is 1.79 bits per heavy atom. The van der Waals surface area contributed by atoms with Crippen molar-refractivity contribution >= 4 is 11.8 Å². The topological polar surface area (TPSA) is 250 Å². The molecule has 3 heterocycles. The molecule has 0 bridgehead atoms. The van der Waals surface area contributed by atoms with Crippen LogP contribution in [0.5, 0.6) is 0 Å². The minimum absolute atomic E-state index is 0.00478. The Hall–Kier alpha value is -0.210. The Kier molecular flexibility index (Phi) is 9.92. The Labute approximate surface area is 198 Å². The van der Waals surface area contributed by atoms with Gasteiger partial charge in [0.05, 0.1) is 36.8 Å². The number of aliphatic hydroxyl groups excluding tert-OH is 11. The highest BCUT2D eigenvalue weighted by Gasteiger charge is 2.51. The van der Waals surface area contributed by atoms with Gasteiger partial charge in [0, 0.05) is 5.25 Å². The van der Waals surface area contributed by atoms with Crippen molar-refractivity contribution < 1.29 is 70.4 Å². The summed E-state index contributed by atoms with van der Waals surface area (Å²) < 4.78 is 15.9. The first-order valence-electron chi connectivity index (χ1n) is 11.0. The Morgan fingerprint density at radius 1 is 0.559 bits per heavy atom. The van der Waals surface area contributed by atoms with E-state index in [1.54, 1.807) is 0 Å². The summed E-state index contributed by atoms with van der Waals surface area (Å²) >= 11 is 1.06. The third-order valence-electron chi connectivity index (χ3n) is 6.53. The molecule has 3 saturated heterocycles. The molecule has 0 spiro atoms. The zero-order chi connectivity index (χ0) is 25.3. The van der Waals surface area contributed by atoms with Gasteiger partial charge in [0.2, 0.25) is 0 Å². The van der Waals surface area contributed by atoms with E-state index < -0.39 is 103 Å². The molecular weight excluding hydrogens is 484 g/mol. The van der Waals surface area contributed by atoms with Crippen LogP contribution in [0, 0.1) is 0 Å². The van der Waals surface area contributed by atoms with Gasteiger partial charge in [-0.1, -0.05) is 0 Å². The maximum Gasteiger partial charge on any atom is 0.187 e. The predicted molar refractivity (Wildman–Crippen MR) is 111 cm³/mol. The van der Waals surface area contributed by atoms with E-state index >= 15 is 0 Å². The second-order valence-corrected chi connectivity index (χ2v) is 10.3. The fraction of sp³-hybridized carbons (Fsp3) is 1.00. The molecule has 0 unspecified atom stereocenters. The zero-order valence-corrected chi connectivity index (χ0v) is 18.9. The van der Waals surface area contributed by atoms with Crippen LogP contribution in [-0.4, -0.2) is 160 Å². The van der Waals surface area contributed by atoms with Crippen molar-refractivity contribution in [2.45, 2.75) is 103 Å². The molecule has 0 aromatic rings. The van der Waals surface area contributed by atoms with E-state index in [0.717, 1.165) is 11.8 Å². The number of rotatable bonds is 7. The van der Waals surface area contributed by atoms with Crippen LogP contribution in [0.2, 0.25) is 0 Å². The number of thioether (sulfide) groups is 1. The Bertz CT molecular complexity index is 642. The third-order valence-corrected chi connectivity index (χ3v) is 8.17. The van der Waals surface area contributed by atoms with Crippen LogP contribution < -0.4 is 0 Å². The molecule has 3 rings (SSSR count). The number of hydrogen-bond acceptors (Lipinski definition) is 15. The van der Waals surface area contributed by atoms with Crippen molar-refractivity contribution in [1.29, 1.82) is 0 Å². The van der Waals surface area contributed by atoms with Crippen molar-refractivity contribution in [1.82, 2.24) is 0 Å². The highest BCUT2D eigenvalue weighted by molar-refractivity contribution is 8.00. The van der Waals surface area contributed by atoms with Gasteiger partial charge in [-0.15, -0.1) is 11.8 Å². The molecule has 0 saturated carbocycles. The van der Waals surface area contributed by atoms with Gasteiger partial charge >= 0.3 is 0 Å². The summed E-state index contributed by atoms with van der Waals surface area (Å²) in [5.74, 6) is 0. The lowest BCUT2D eigenvalue weighted by molar-refractivity contribution is -0.354. The summed E-state index contributed by atoms with van der Waals surface area (Å²) in [6.45, 7) is -1.15. The van der Waals surface area contributed by atoms with Gasteiger partial charge in [-0.3, -0.25) is 0 Å². The van der Waals surface area contributed by atoms with Gasteiger partial charge in [-0.05, 0) is 12.8 Å². The first-order valence-corrected chi connectivity index (χ1v) is 11.9. The molecule has 15 heteroatoms. The normalized spacial score (nSPS) is 52.5. The molecule has 0 aromatic heterocycles. The first-order chi connectivity index (χ1) is 16.0. The fourth-order valence-corrected chi connectivity index (χ4v) is 5.85. The van der Waals surface area contributed by atoms with Crippen molar-refractivity contribution in [2.24, 2.45) is 0 Å². The lowest BCUT2D eigenvalue weighted by Gasteiger charge is -2.46. The summed E-state index contributed by atoms with van der Waals surface area (Å²) in [4.78, 5) is 0. The minimum atomic E-state index is -1.81. The molecular formula is C19H34O14S. The van der Waals surface area contributed by atoms with Gasteiger partial charge in [0.15, 0.2) is 12.6 Å². The predicted octanol–water partition coefficient (Wildman–Crippen LogP) is -6.05. The van der Waals surface area contributed by atoms with Gasteiger partial charge in [0.1, 0.15) is 48.8 Å². The smallest absolute Gasteiger partial charge is 0.187 e. The number of ether oxygens (including phenoxy) is 3. The second kappa shape index (κ2) is 11.9. The third kappa shape index (κ3) is 5.69. The van der Waals surface area contributed by atoms with Crippen LogP contribution in [0.3, 0.4) is 0 Å². The van der Waals surface area contributed by atoms with E-state index in [1.165, 1.54) is 0 Å². The Balaban J connectivity index is 1.65. The highest BCUT2D eigenvalue weighted by atomic mass is 32.2. The largest absolute Gasteiger partial charge is 0.395 e. The van der Waals surface area contributed by atoms with Crippen molar-refractivity contribution in [3.8, 4) is 0 Å². The maximum absolute atomic E-state index is 10.7. The van der Waals surface area contributed by atoms with E-state index in [-0.39, 0.29) is 12.8 Å². The first kappa shape index (κ1) is 28.4. The van der Waals surface area contributed by atoms with Gasteiger partial charge in [-0.25, -0.2) is 0 Å². The number of aliphatic hydroxyl groups is 11. The summed E-state index contributed by atoms with van der Waals surface area (Å²) in [7, 11) is 0. The molecule has 3 aliphatic rings. The van der Waals surface area contributed by atoms with Crippen LogP contribution in [0.15, 0.2) is 0 Å². The summed E-state index contributed by atoms with van der Waals surface area (Å²) in [5.41, 5.74) is 0. The fourth-order valence-electron chi connectivity index (χ4n) is 4.40. The van der Waals surface area contributed by atoms with Crippen molar-refractivity contribution in [2.75, 3.05) is 13.2 Å². The molecule has 11 N–H and O–H groups in total. The number of hydrogen-bond donors (Lipinski definition) is 11. The summed E-state index contributed by atoms with van der Waals surface area (Å²) in [6.07, 6.45) is -20.1. The van der Waals surface area contributed by atoms with Gasteiger partial charge < -0.3 is 70.4 Å². The lowest BCUT2D eigenvalue weighted by Crippen LogP contribution is -2.64. The standard InChI is InChI=1S/C19H34O14S/c20-3-6-9(22)13(26)15(28)19(32-6)33-17-10(23)5(31-18(30)16(17)29)1-2-7-11(24)14(27)12(25)8(4-21)34-7/h5-30H,1-4H2/t5-,6-,7+,8-,9+,10+,11-,12+,13-,14+,15+,16+,17-,18-,19+/m0/s1. The van der Waals surface area contributed by atoms with Crippen LogP contribution in [0.4, 0.5) is 0 Å². The molecule has 3 aliphatic heterocycles. The van der Waals surface area contributed by atoms with E-state index in [1.807, 2.05) is 0 Å². The van der Waals surface area contributed by atoms with Crippen LogP contribution in [0.25, 0.3) is 0 Å². The van der Waals surface area contributed by atoms with Gasteiger partial charge in [0.25, 0.3) is 0 Å². The monoisotopic (exact) mass is 518 g/mol. The van der Waals surface area contributed by atoms with Crippen LogP contribution in [0.1, 0.15) is 12.8 Å². The average Bonchev–Trinajstić information content (AvgIpc) is 2.82. The SMILES string of the molecule is OC[C@@H]1O[C@H](O[C@@H]2[C@@H](O)[C@@H](O)O[C@@H](CC[C@H]3S[C@@H](CO)[C@@H](O)[C@H](O)[C@H]3O)[C@H]2O)[C@H](O)[C@@H](O)[C@@H]1O. The lowest BCUT2D eigenvalue weighted by atomic mass is 9.92. The molecule has 34 heavy (non-hydrogen) atoms. The molecule has 0 radical (unpaired) electrons. The molecule has 0 amide bonds. The summed E-state index contributed by atoms with van der Waals surface area (Å²) in [6, 6.07) is 0. The van der Waals surface area contributed by atoms with Gasteiger partial charge in [-0.2, -0.15) is 0 Å². The average molecular weight is 519 g/mol. The molecule has 200 valence electrons. The minimum Gasteiger partial charge on any atom is -0.395 e. The van der Waals surface area contributed by atoms with Crippen LogP contribution >= 0.6 is 11.8 Å². The van der Waals surface area contributed by atoms with E-state index in [9.17, 15) is 56.2 Å². The molecule has 0 aliphatic carbocycles. The molecule has 3 fully saturated rings. The van der Waals surface area contributed by atoms with Crippen LogP contribution in [-0.2, 0) is 14.2 Å². The second-order valence-electron chi connectivity index (χ2n) is 8.79. The van der Waals surface area contributed by atoms with E-state index in [2.05, 4.69) is 0 Å². The van der Waals surface area contributed by atoms with E-state index in [4.69, 9.17) is 14.2 Å². The van der Waals surface area contributed by atoms with Crippen molar-refractivity contribution in [3.05, 3.63) is 0 Å². The quantitative estimate of drug-likeness (QED) is 0.150. The molecule has 0 aromatic carbocycles. The van der Waals surface area contributed by atoms with Crippen molar-refractivity contribution in [3.63, 3.8) is 0 Å².